The van der Waals surface area contributed by atoms with Gasteiger partial charge >= 0.3 is 0 Å². The van der Waals surface area contributed by atoms with Crippen LogP contribution in [0.4, 0.5) is 0 Å². The van der Waals surface area contributed by atoms with Crippen molar-refractivity contribution in [1.82, 2.24) is 0 Å². The zero-order valence-electron chi connectivity index (χ0n) is 10.4. The standard InChI is InChI=1S/C15H26O/c1-2-3-12-4-6-13(7-5-12)14-8-10-15(16)11-9-14/h2,12-16H,1,3-11H2/t12-,13-,14-,15-. The van der Waals surface area contributed by atoms with Crippen LogP contribution in [0.2, 0.25) is 0 Å². The van der Waals surface area contributed by atoms with Gasteiger partial charge in [0, 0.05) is 0 Å². The van der Waals surface area contributed by atoms with Crippen molar-refractivity contribution in [3.05, 3.63) is 12.7 Å². The Balaban J connectivity index is 1.74. The molecule has 2 fully saturated rings. The summed E-state index contributed by atoms with van der Waals surface area (Å²) in [5.74, 6) is 2.81. The summed E-state index contributed by atoms with van der Waals surface area (Å²) >= 11 is 0. The van der Waals surface area contributed by atoms with Crippen LogP contribution in [0.25, 0.3) is 0 Å². The molecule has 2 aliphatic carbocycles. The lowest BCUT2D eigenvalue weighted by molar-refractivity contribution is 0.0772. The van der Waals surface area contributed by atoms with Crippen molar-refractivity contribution >= 4 is 0 Å². The fourth-order valence-electron chi connectivity index (χ4n) is 3.70. The molecule has 0 spiro atoms. The van der Waals surface area contributed by atoms with E-state index in [2.05, 4.69) is 12.7 Å². The van der Waals surface area contributed by atoms with Gasteiger partial charge in [-0.25, -0.2) is 0 Å². The van der Waals surface area contributed by atoms with Crippen molar-refractivity contribution < 1.29 is 5.11 Å². The van der Waals surface area contributed by atoms with Crippen LogP contribution in [0.5, 0.6) is 0 Å². The summed E-state index contributed by atoms with van der Waals surface area (Å²) in [5, 5.41) is 9.53. The molecule has 0 amide bonds. The second-order valence-electron chi connectivity index (χ2n) is 5.87. The zero-order valence-corrected chi connectivity index (χ0v) is 10.4. The molecule has 2 saturated carbocycles. The Morgan fingerprint density at radius 1 is 0.875 bits per heavy atom. The highest BCUT2D eigenvalue weighted by atomic mass is 16.3. The maximum atomic E-state index is 9.53. The number of hydrogen-bond donors (Lipinski definition) is 1. The summed E-state index contributed by atoms with van der Waals surface area (Å²) in [5.41, 5.74) is 0. The van der Waals surface area contributed by atoms with Crippen molar-refractivity contribution in [2.75, 3.05) is 0 Å². The van der Waals surface area contributed by atoms with Crippen molar-refractivity contribution in [1.29, 1.82) is 0 Å². The molecule has 0 aliphatic heterocycles. The number of allylic oxidation sites excluding steroid dienone is 1. The van der Waals surface area contributed by atoms with Gasteiger partial charge in [0.2, 0.25) is 0 Å². The van der Waals surface area contributed by atoms with Crippen LogP contribution >= 0.6 is 0 Å². The number of rotatable bonds is 3. The van der Waals surface area contributed by atoms with E-state index in [1.54, 1.807) is 0 Å². The zero-order chi connectivity index (χ0) is 11.4. The predicted octanol–water partition coefficient (Wildman–Crippen LogP) is 3.92. The normalized spacial score (nSPS) is 40.6. The van der Waals surface area contributed by atoms with Gasteiger partial charge < -0.3 is 5.11 Å². The van der Waals surface area contributed by atoms with Crippen molar-refractivity contribution in [3.63, 3.8) is 0 Å². The third-order valence-electron chi connectivity index (χ3n) is 4.80. The van der Waals surface area contributed by atoms with E-state index in [1.165, 1.54) is 44.9 Å². The van der Waals surface area contributed by atoms with Gasteiger partial charge in [-0.3, -0.25) is 0 Å². The molecule has 1 nitrogen and oxygen atoms in total. The summed E-state index contributed by atoms with van der Waals surface area (Å²) in [4.78, 5) is 0. The summed E-state index contributed by atoms with van der Waals surface area (Å²) in [6.07, 6.45) is 13.7. The molecule has 0 aromatic rings. The van der Waals surface area contributed by atoms with E-state index in [9.17, 15) is 5.11 Å². The Morgan fingerprint density at radius 3 is 1.88 bits per heavy atom. The Bertz CT molecular complexity index is 207. The highest BCUT2D eigenvalue weighted by Crippen LogP contribution is 2.40. The topological polar surface area (TPSA) is 20.2 Å². The minimum Gasteiger partial charge on any atom is -0.393 e. The van der Waals surface area contributed by atoms with Crippen molar-refractivity contribution in [2.45, 2.75) is 63.9 Å². The van der Waals surface area contributed by atoms with Gasteiger partial charge in [0.15, 0.2) is 0 Å². The summed E-state index contributed by atoms with van der Waals surface area (Å²) in [7, 11) is 0. The molecule has 0 radical (unpaired) electrons. The van der Waals surface area contributed by atoms with Gasteiger partial charge in [-0.05, 0) is 75.5 Å². The Kier molecular flexibility index (Phi) is 4.45. The molecular formula is C15H26O. The lowest BCUT2D eigenvalue weighted by atomic mass is 9.70. The molecule has 2 aliphatic rings. The van der Waals surface area contributed by atoms with Crippen LogP contribution < -0.4 is 0 Å². The van der Waals surface area contributed by atoms with Crippen LogP contribution in [0.1, 0.15) is 57.8 Å². The molecule has 0 saturated heterocycles. The van der Waals surface area contributed by atoms with E-state index in [-0.39, 0.29) is 6.10 Å². The lowest BCUT2D eigenvalue weighted by Gasteiger charge is -2.36. The molecular weight excluding hydrogens is 196 g/mol. The third kappa shape index (κ3) is 3.10. The molecule has 16 heavy (non-hydrogen) atoms. The first-order chi connectivity index (χ1) is 7.79. The van der Waals surface area contributed by atoms with Gasteiger partial charge in [0.1, 0.15) is 0 Å². The second-order valence-corrected chi connectivity index (χ2v) is 5.87. The van der Waals surface area contributed by atoms with Gasteiger partial charge in [0.25, 0.3) is 0 Å². The van der Waals surface area contributed by atoms with Crippen LogP contribution in [0, 0.1) is 17.8 Å². The number of aliphatic hydroxyl groups excluding tert-OH is 1. The molecule has 0 aromatic carbocycles. The Morgan fingerprint density at radius 2 is 1.38 bits per heavy atom. The first kappa shape index (κ1) is 12.2. The smallest absolute Gasteiger partial charge is 0.0540 e. The maximum Gasteiger partial charge on any atom is 0.0540 e. The summed E-state index contributed by atoms with van der Waals surface area (Å²) < 4.78 is 0. The highest BCUT2D eigenvalue weighted by Gasteiger charge is 2.29. The van der Waals surface area contributed by atoms with E-state index in [0.717, 1.165) is 30.6 Å². The van der Waals surface area contributed by atoms with E-state index >= 15 is 0 Å². The van der Waals surface area contributed by atoms with E-state index in [1.807, 2.05) is 0 Å². The average Bonchev–Trinajstić information content (AvgIpc) is 2.32. The Hall–Kier alpha value is -0.300. The number of aliphatic hydroxyl groups is 1. The monoisotopic (exact) mass is 222 g/mol. The molecule has 1 N–H and O–H groups in total. The largest absolute Gasteiger partial charge is 0.393 e. The van der Waals surface area contributed by atoms with Crippen LogP contribution in [0.3, 0.4) is 0 Å². The first-order valence-electron chi connectivity index (χ1n) is 7.08. The van der Waals surface area contributed by atoms with Gasteiger partial charge in [0.05, 0.1) is 6.10 Å². The minimum absolute atomic E-state index is 0.00774. The molecule has 0 atom stereocenters. The molecule has 2 rings (SSSR count). The quantitative estimate of drug-likeness (QED) is 0.718. The van der Waals surface area contributed by atoms with Gasteiger partial charge in [-0.1, -0.05) is 6.08 Å². The molecule has 92 valence electrons. The molecule has 0 heterocycles. The third-order valence-corrected chi connectivity index (χ3v) is 4.80. The van der Waals surface area contributed by atoms with E-state index < -0.39 is 0 Å². The summed E-state index contributed by atoms with van der Waals surface area (Å²) in [6, 6.07) is 0. The molecule has 0 aromatic heterocycles. The van der Waals surface area contributed by atoms with Gasteiger partial charge in [-0.2, -0.15) is 0 Å². The van der Waals surface area contributed by atoms with Crippen LogP contribution in [-0.2, 0) is 0 Å². The Labute approximate surface area is 99.9 Å². The van der Waals surface area contributed by atoms with Crippen molar-refractivity contribution in [2.24, 2.45) is 17.8 Å². The first-order valence-corrected chi connectivity index (χ1v) is 7.08. The predicted molar refractivity (Wildman–Crippen MR) is 68.2 cm³/mol. The van der Waals surface area contributed by atoms with E-state index in [0.29, 0.717) is 0 Å². The number of hydrogen-bond acceptors (Lipinski definition) is 1. The van der Waals surface area contributed by atoms with Crippen LogP contribution in [-0.4, -0.2) is 11.2 Å². The SMILES string of the molecule is C=CC[C@H]1CC[C@H]([C@H]2CC[C@H](O)CC2)CC1. The molecule has 1 heteroatoms. The van der Waals surface area contributed by atoms with E-state index in [4.69, 9.17) is 0 Å². The van der Waals surface area contributed by atoms with Crippen molar-refractivity contribution in [3.8, 4) is 0 Å². The van der Waals surface area contributed by atoms with Gasteiger partial charge in [-0.15, -0.1) is 6.58 Å². The minimum atomic E-state index is 0.00774. The fraction of sp³-hybridized carbons (Fsp3) is 0.867. The molecule has 0 unspecified atom stereocenters. The highest BCUT2D eigenvalue weighted by molar-refractivity contribution is 4.83. The fourth-order valence-corrected chi connectivity index (χ4v) is 3.70. The molecule has 0 bridgehead atoms. The lowest BCUT2D eigenvalue weighted by Crippen LogP contribution is -2.27. The second kappa shape index (κ2) is 5.86. The average molecular weight is 222 g/mol. The van der Waals surface area contributed by atoms with Crippen LogP contribution in [0.15, 0.2) is 12.7 Å². The maximum absolute atomic E-state index is 9.53. The summed E-state index contributed by atoms with van der Waals surface area (Å²) in [6.45, 7) is 3.84.